The number of carboxylic acid groups (broad SMARTS) is 1. The van der Waals surface area contributed by atoms with Gasteiger partial charge in [0, 0.05) is 11.1 Å². The summed E-state index contributed by atoms with van der Waals surface area (Å²) in [6.07, 6.45) is 1.21. The van der Waals surface area contributed by atoms with Crippen LogP contribution in [0.4, 0.5) is 5.82 Å². The molecule has 5 rings (SSSR count). The zero-order valence-electron chi connectivity index (χ0n) is 16.6. The molecule has 32 heavy (non-hydrogen) atoms. The molecule has 10 nitrogen and oxygen atoms in total. The number of aromatic nitrogens is 3. The normalized spacial score (nSPS) is 15.9. The minimum Gasteiger partial charge on any atom is -0.483 e. The first-order chi connectivity index (χ1) is 15.4. The molecule has 0 saturated carbocycles. The zero-order chi connectivity index (χ0) is 22.4. The van der Waals surface area contributed by atoms with E-state index in [9.17, 15) is 14.9 Å². The van der Waals surface area contributed by atoms with Crippen molar-refractivity contribution in [2.24, 2.45) is 12.0 Å². The summed E-state index contributed by atoms with van der Waals surface area (Å²) in [5.74, 6) is 0.472. The Hall–Kier alpha value is -3.51. The highest BCUT2D eigenvalue weighted by Crippen LogP contribution is 2.35. The number of hydrogen-bond donors (Lipinski definition) is 1. The summed E-state index contributed by atoms with van der Waals surface area (Å²) in [6.45, 7) is 0.102. The molecule has 1 aliphatic heterocycles. The van der Waals surface area contributed by atoms with Gasteiger partial charge in [-0.3, -0.25) is 4.99 Å². The van der Waals surface area contributed by atoms with E-state index in [1.54, 1.807) is 7.05 Å². The van der Waals surface area contributed by atoms with Gasteiger partial charge in [-0.25, -0.2) is 19.3 Å². The molecule has 3 heterocycles. The summed E-state index contributed by atoms with van der Waals surface area (Å²) in [7, 11) is 1.58. The number of aliphatic carboxylic acids is 1. The van der Waals surface area contributed by atoms with Crippen LogP contribution in [0.15, 0.2) is 41.5 Å². The minimum atomic E-state index is -0.924. The van der Waals surface area contributed by atoms with Crippen molar-refractivity contribution in [3.05, 3.63) is 57.5 Å². The molecule has 0 radical (unpaired) electrons. The molecule has 2 aromatic carbocycles. The third kappa shape index (κ3) is 3.56. The standard InChI is InChI=1S/C20H15N5O5S2/c1-24-15(21-7-16(24)25(28)29)8-30-11-3-4-12-10(6-11)2-5-13-17(12)32-19(22-13)18-23-14(9-31-18)20(26)27/h2-7,14H,8-9H2,1H3,(H,26,27). The van der Waals surface area contributed by atoms with Gasteiger partial charge in [-0.05, 0) is 34.6 Å². The van der Waals surface area contributed by atoms with E-state index >= 15 is 0 Å². The van der Waals surface area contributed by atoms with Crippen LogP contribution < -0.4 is 4.74 Å². The highest BCUT2D eigenvalue weighted by atomic mass is 32.2. The van der Waals surface area contributed by atoms with Crippen molar-refractivity contribution in [1.82, 2.24) is 14.5 Å². The Labute approximate surface area is 188 Å². The lowest BCUT2D eigenvalue weighted by Crippen LogP contribution is -2.17. The Balaban J connectivity index is 1.41. The van der Waals surface area contributed by atoms with Crippen molar-refractivity contribution in [3.8, 4) is 5.75 Å². The number of ether oxygens (including phenoxy) is 1. The molecule has 1 aliphatic rings. The van der Waals surface area contributed by atoms with Crippen LogP contribution in [0, 0.1) is 10.1 Å². The fourth-order valence-corrected chi connectivity index (χ4v) is 5.58. The Morgan fingerprint density at radius 1 is 1.38 bits per heavy atom. The van der Waals surface area contributed by atoms with Crippen LogP contribution in [0.25, 0.3) is 21.0 Å². The fraction of sp³-hybridized carbons (Fsp3) is 0.200. The van der Waals surface area contributed by atoms with Gasteiger partial charge in [-0.2, -0.15) is 0 Å². The Bertz CT molecular complexity index is 1430. The van der Waals surface area contributed by atoms with E-state index in [-0.39, 0.29) is 12.4 Å². The predicted octanol–water partition coefficient (Wildman–Crippen LogP) is 3.62. The molecule has 12 heteroatoms. The van der Waals surface area contributed by atoms with Gasteiger partial charge < -0.3 is 20.0 Å². The summed E-state index contributed by atoms with van der Waals surface area (Å²) < 4.78 is 8.19. The monoisotopic (exact) mass is 469 g/mol. The number of imidazole rings is 1. The third-order valence-corrected chi connectivity index (χ3v) is 7.37. The van der Waals surface area contributed by atoms with Crippen LogP contribution in [0.1, 0.15) is 10.8 Å². The van der Waals surface area contributed by atoms with E-state index in [0.717, 1.165) is 26.0 Å². The number of aliphatic imine (C=N–C) groups is 1. The Morgan fingerprint density at radius 2 is 2.22 bits per heavy atom. The van der Waals surface area contributed by atoms with Crippen LogP contribution in [-0.4, -0.2) is 47.4 Å². The summed E-state index contributed by atoms with van der Waals surface area (Å²) in [4.78, 5) is 34.6. The van der Waals surface area contributed by atoms with Crippen LogP contribution in [-0.2, 0) is 18.4 Å². The smallest absolute Gasteiger partial charge is 0.342 e. The van der Waals surface area contributed by atoms with Gasteiger partial charge in [0.2, 0.25) is 5.82 Å². The van der Waals surface area contributed by atoms with Crippen LogP contribution in [0.2, 0.25) is 0 Å². The SMILES string of the molecule is Cn1c([N+](=O)[O-])cnc1COc1ccc2c(ccc3nc(C4=NC(C(=O)O)CS4)sc32)c1. The number of hydrogen-bond acceptors (Lipinski definition) is 9. The van der Waals surface area contributed by atoms with Crippen molar-refractivity contribution in [2.45, 2.75) is 12.6 Å². The number of nitro groups is 1. The van der Waals surface area contributed by atoms with Gasteiger partial charge >= 0.3 is 11.8 Å². The van der Waals surface area contributed by atoms with E-state index in [2.05, 4.69) is 15.0 Å². The summed E-state index contributed by atoms with van der Waals surface area (Å²) in [5, 5.41) is 23.5. The number of thioether (sulfide) groups is 1. The van der Waals surface area contributed by atoms with Crippen molar-refractivity contribution < 1.29 is 19.6 Å². The maximum absolute atomic E-state index is 11.2. The average molecular weight is 470 g/mol. The van der Waals surface area contributed by atoms with Gasteiger partial charge in [0.1, 0.15) is 22.0 Å². The first-order valence-electron chi connectivity index (χ1n) is 9.45. The third-order valence-electron chi connectivity index (χ3n) is 5.08. The van der Waals surface area contributed by atoms with Crippen molar-refractivity contribution in [2.75, 3.05) is 5.75 Å². The number of carboxylic acids is 1. The number of nitrogens with zero attached hydrogens (tertiary/aromatic N) is 5. The molecule has 0 aliphatic carbocycles. The number of carbonyl (C=O) groups is 1. The maximum Gasteiger partial charge on any atom is 0.342 e. The van der Waals surface area contributed by atoms with Crippen molar-refractivity contribution in [1.29, 1.82) is 0 Å². The van der Waals surface area contributed by atoms with Crippen LogP contribution in [0.3, 0.4) is 0 Å². The molecule has 0 fully saturated rings. The fourth-order valence-electron chi connectivity index (χ4n) is 3.38. The molecule has 0 amide bonds. The van der Waals surface area contributed by atoms with Gasteiger partial charge in [0.25, 0.3) is 0 Å². The second-order valence-corrected chi connectivity index (χ2v) is 9.06. The lowest BCUT2D eigenvalue weighted by atomic mass is 10.1. The first kappa shape index (κ1) is 20.4. The van der Waals surface area contributed by atoms with Gasteiger partial charge in [0.15, 0.2) is 12.6 Å². The molecule has 1 unspecified atom stereocenters. The van der Waals surface area contributed by atoms with E-state index in [4.69, 9.17) is 9.84 Å². The highest BCUT2D eigenvalue weighted by molar-refractivity contribution is 8.15. The first-order valence-corrected chi connectivity index (χ1v) is 11.3. The number of fused-ring (bicyclic) bond motifs is 3. The van der Waals surface area contributed by atoms with E-state index in [0.29, 0.717) is 22.4 Å². The molecular weight excluding hydrogens is 454 g/mol. The molecule has 2 aromatic heterocycles. The molecule has 0 spiro atoms. The molecule has 4 aromatic rings. The number of thiazole rings is 1. The van der Waals surface area contributed by atoms with E-state index in [1.807, 2.05) is 30.3 Å². The van der Waals surface area contributed by atoms with Crippen LogP contribution in [0.5, 0.6) is 5.75 Å². The highest BCUT2D eigenvalue weighted by Gasteiger charge is 2.27. The molecule has 0 saturated heterocycles. The maximum atomic E-state index is 11.2. The Morgan fingerprint density at radius 3 is 2.94 bits per heavy atom. The van der Waals surface area contributed by atoms with Crippen molar-refractivity contribution >= 4 is 60.9 Å². The molecule has 1 atom stereocenters. The quantitative estimate of drug-likeness (QED) is 0.334. The summed E-state index contributed by atoms with van der Waals surface area (Å²) in [6, 6.07) is 8.81. The largest absolute Gasteiger partial charge is 0.483 e. The average Bonchev–Trinajstić information content (AvgIpc) is 3.49. The lowest BCUT2D eigenvalue weighted by molar-refractivity contribution is -0.391. The summed E-state index contributed by atoms with van der Waals surface area (Å²) in [5.41, 5.74) is 0.827. The molecule has 0 bridgehead atoms. The van der Waals surface area contributed by atoms with E-state index in [1.165, 1.54) is 33.9 Å². The second-order valence-electron chi connectivity index (χ2n) is 7.05. The van der Waals surface area contributed by atoms with Crippen LogP contribution >= 0.6 is 23.1 Å². The van der Waals surface area contributed by atoms with Gasteiger partial charge in [-0.15, -0.1) is 23.1 Å². The minimum absolute atomic E-state index is 0.0924. The second kappa shape index (κ2) is 7.88. The zero-order valence-corrected chi connectivity index (χ0v) is 18.2. The van der Waals surface area contributed by atoms with Gasteiger partial charge in [0.05, 0.1) is 17.3 Å². The molecule has 1 N–H and O–H groups in total. The molecular formula is C20H15N5O5S2. The molecule has 162 valence electrons. The lowest BCUT2D eigenvalue weighted by Gasteiger charge is -2.06. The van der Waals surface area contributed by atoms with Gasteiger partial charge in [-0.1, -0.05) is 6.07 Å². The van der Waals surface area contributed by atoms with E-state index < -0.39 is 16.9 Å². The Kier molecular flexibility index (Phi) is 5.02. The topological polar surface area (TPSA) is 133 Å². The predicted molar refractivity (Wildman–Crippen MR) is 122 cm³/mol. The number of benzene rings is 2. The van der Waals surface area contributed by atoms with Crippen molar-refractivity contribution in [3.63, 3.8) is 0 Å². The number of rotatable bonds is 6. The summed E-state index contributed by atoms with van der Waals surface area (Å²) >= 11 is 2.90.